The van der Waals surface area contributed by atoms with Gasteiger partial charge in [-0.3, -0.25) is 4.98 Å². The minimum absolute atomic E-state index is 0.273. The van der Waals surface area contributed by atoms with Gasteiger partial charge in [0.15, 0.2) is 5.11 Å². The van der Waals surface area contributed by atoms with Crippen LogP contribution in [0, 0.1) is 0 Å². The monoisotopic (exact) mass is 255 g/mol. The molecule has 0 amide bonds. The lowest BCUT2D eigenvalue weighted by atomic mass is 10.1. The number of nitrogens with zero attached hydrogens (tertiary/aromatic N) is 1. The van der Waals surface area contributed by atoms with Gasteiger partial charge in [0.1, 0.15) is 0 Å². The number of nitrogens with two attached hydrogens (primary N) is 1. The summed E-state index contributed by atoms with van der Waals surface area (Å²) in [7, 11) is 0. The molecule has 0 aliphatic heterocycles. The number of thiocarbonyl (C=S) groups is 1. The van der Waals surface area contributed by atoms with Crippen LogP contribution in [0.15, 0.2) is 48.8 Å². The van der Waals surface area contributed by atoms with E-state index in [1.165, 1.54) is 0 Å². The van der Waals surface area contributed by atoms with Crippen LogP contribution in [0.4, 0.5) is 5.69 Å². The van der Waals surface area contributed by atoms with E-state index in [1.807, 2.05) is 48.6 Å². The van der Waals surface area contributed by atoms with Gasteiger partial charge in [0.05, 0.1) is 0 Å². The number of nitrogens with one attached hydrogen (secondary N) is 1. The van der Waals surface area contributed by atoms with Crippen LogP contribution in [0.25, 0.3) is 12.2 Å². The van der Waals surface area contributed by atoms with Crippen molar-refractivity contribution in [3.05, 3.63) is 59.9 Å². The van der Waals surface area contributed by atoms with Gasteiger partial charge in [-0.15, -0.1) is 0 Å². The van der Waals surface area contributed by atoms with E-state index in [2.05, 4.69) is 10.3 Å². The van der Waals surface area contributed by atoms with Crippen molar-refractivity contribution in [3.63, 3.8) is 0 Å². The molecular weight excluding hydrogens is 242 g/mol. The number of pyridine rings is 1. The predicted octanol–water partition coefficient (Wildman–Crippen LogP) is 2.91. The summed E-state index contributed by atoms with van der Waals surface area (Å²) in [5.41, 5.74) is 8.52. The second kappa shape index (κ2) is 5.93. The molecule has 2 rings (SSSR count). The summed E-state index contributed by atoms with van der Waals surface area (Å²) in [6.45, 7) is 0. The molecule has 0 saturated heterocycles. The maximum absolute atomic E-state index is 5.40. The summed E-state index contributed by atoms with van der Waals surface area (Å²) < 4.78 is 0. The average molecular weight is 255 g/mol. The maximum Gasteiger partial charge on any atom is 0.168 e. The molecule has 3 N–H and O–H groups in total. The Kier molecular flexibility index (Phi) is 4.04. The van der Waals surface area contributed by atoms with Crippen molar-refractivity contribution in [2.75, 3.05) is 5.32 Å². The molecule has 0 bridgehead atoms. The highest BCUT2D eigenvalue weighted by Gasteiger charge is 1.92. The Morgan fingerprint density at radius 1 is 1.00 bits per heavy atom. The molecule has 0 unspecified atom stereocenters. The van der Waals surface area contributed by atoms with Crippen molar-refractivity contribution in [1.82, 2.24) is 4.98 Å². The molecule has 1 heterocycles. The van der Waals surface area contributed by atoms with Crippen LogP contribution < -0.4 is 11.1 Å². The quantitative estimate of drug-likeness (QED) is 0.828. The highest BCUT2D eigenvalue weighted by molar-refractivity contribution is 7.80. The number of hydrogen-bond acceptors (Lipinski definition) is 2. The molecule has 3 nitrogen and oxygen atoms in total. The highest BCUT2D eigenvalue weighted by Crippen LogP contribution is 2.12. The van der Waals surface area contributed by atoms with E-state index in [9.17, 15) is 0 Å². The molecule has 2 aromatic rings. The smallest absolute Gasteiger partial charge is 0.168 e. The fraction of sp³-hybridized carbons (Fsp3) is 0. The number of aromatic nitrogens is 1. The Balaban J connectivity index is 2.06. The van der Waals surface area contributed by atoms with Crippen LogP contribution in [-0.2, 0) is 0 Å². The lowest BCUT2D eigenvalue weighted by Gasteiger charge is -2.03. The molecule has 0 saturated carbocycles. The predicted molar refractivity (Wildman–Crippen MR) is 80.0 cm³/mol. The van der Waals surface area contributed by atoms with Crippen LogP contribution in [0.2, 0.25) is 0 Å². The number of rotatable bonds is 3. The fourth-order valence-electron chi connectivity index (χ4n) is 1.49. The molecule has 0 aliphatic carbocycles. The number of benzene rings is 1. The molecule has 0 aliphatic rings. The third-order valence-electron chi connectivity index (χ3n) is 2.35. The molecule has 0 radical (unpaired) electrons. The highest BCUT2D eigenvalue weighted by atomic mass is 32.1. The van der Waals surface area contributed by atoms with Gasteiger partial charge in [-0.1, -0.05) is 24.3 Å². The molecule has 18 heavy (non-hydrogen) atoms. The summed E-state index contributed by atoms with van der Waals surface area (Å²) in [4.78, 5) is 3.97. The van der Waals surface area contributed by atoms with Crippen molar-refractivity contribution < 1.29 is 0 Å². The van der Waals surface area contributed by atoms with Crippen LogP contribution in [-0.4, -0.2) is 10.1 Å². The Bertz CT molecular complexity index is 547. The van der Waals surface area contributed by atoms with Crippen LogP contribution >= 0.6 is 12.2 Å². The van der Waals surface area contributed by atoms with Crippen molar-refractivity contribution >= 4 is 35.2 Å². The Morgan fingerprint density at radius 2 is 1.56 bits per heavy atom. The largest absolute Gasteiger partial charge is 0.376 e. The van der Waals surface area contributed by atoms with Gasteiger partial charge < -0.3 is 11.1 Å². The lowest BCUT2D eigenvalue weighted by Crippen LogP contribution is -2.18. The van der Waals surface area contributed by atoms with Crippen molar-refractivity contribution in [2.45, 2.75) is 0 Å². The zero-order valence-corrected chi connectivity index (χ0v) is 10.5. The van der Waals surface area contributed by atoms with Crippen molar-refractivity contribution in [2.24, 2.45) is 5.73 Å². The first-order valence-corrected chi connectivity index (χ1v) is 5.89. The summed E-state index contributed by atoms with van der Waals surface area (Å²) in [5, 5.41) is 3.16. The fourth-order valence-corrected chi connectivity index (χ4v) is 1.60. The van der Waals surface area contributed by atoms with Gasteiger partial charge >= 0.3 is 0 Å². The summed E-state index contributed by atoms with van der Waals surface area (Å²) in [6, 6.07) is 11.8. The van der Waals surface area contributed by atoms with E-state index in [1.54, 1.807) is 12.4 Å². The van der Waals surface area contributed by atoms with E-state index in [0.29, 0.717) is 0 Å². The molecule has 0 atom stereocenters. The maximum atomic E-state index is 5.40. The summed E-state index contributed by atoms with van der Waals surface area (Å²) >= 11 is 4.77. The van der Waals surface area contributed by atoms with Crippen LogP contribution in [0.3, 0.4) is 0 Å². The topological polar surface area (TPSA) is 50.9 Å². The van der Waals surface area contributed by atoms with Gasteiger partial charge in [0, 0.05) is 18.1 Å². The first-order valence-electron chi connectivity index (χ1n) is 5.49. The number of anilines is 1. The average Bonchev–Trinajstić information content (AvgIpc) is 2.38. The zero-order valence-electron chi connectivity index (χ0n) is 9.71. The van der Waals surface area contributed by atoms with Crippen LogP contribution in [0.1, 0.15) is 11.1 Å². The minimum Gasteiger partial charge on any atom is -0.376 e. The first kappa shape index (κ1) is 12.3. The van der Waals surface area contributed by atoms with Gasteiger partial charge in [-0.25, -0.2) is 0 Å². The Morgan fingerprint density at radius 3 is 2.11 bits per heavy atom. The first-order chi connectivity index (χ1) is 8.74. The van der Waals surface area contributed by atoms with Crippen molar-refractivity contribution in [1.29, 1.82) is 0 Å². The second-order valence-electron chi connectivity index (χ2n) is 3.73. The molecular formula is C14H13N3S. The normalized spacial score (nSPS) is 10.4. The van der Waals surface area contributed by atoms with E-state index in [-0.39, 0.29) is 5.11 Å². The molecule has 1 aromatic carbocycles. The van der Waals surface area contributed by atoms with Gasteiger partial charge in [-0.2, -0.15) is 0 Å². The molecule has 4 heteroatoms. The van der Waals surface area contributed by atoms with E-state index >= 15 is 0 Å². The van der Waals surface area contributed by atoms with Crippen LogP contribution in [0.5, 0.6) is 0 Å². The molecule has 0 fully saturated rings. The molecule has 1 aromatic heterocycles. The van der Waals surface area contributed by atoms with E-state index in [0.717, 1.165) is 16.8 Å². The lowest BCUT2D eigenvalue weighted by molar-refractivity contribution is 1.32. The Hall–Kier alpha value is -2.20. The third-order valence-corrected chi connectivity index (χ3v) is 2.45. The SMILES string of the molecule is NC(=S)Nc1ccc(C=Cc2ccncc2)cc1. The van der Waals surface area contributed by atoms with E-state index in [4.69, 9.17) is 18.0 Å². The standard InChI is InChI=1S/C14H13N3S/c15-14(18)17-13-5-3-11(4-6-13)1-2-12-7-9-16-10-8-12/h1-10H,(H3,15,17,18). The third kappa shape index (κ3) is 3.68. The zero-order chi connectivity index (χ0) is 12.8. The second-order valence-corrected chi connectivity index (χ2v) is 4.16. The van der Waals surface area contributed by atoms with Crippen molar-refractivity contribution in [3.8, 4) is 0 Å². The summed E-state index contributed by atoms with van der Waals surface area (Å²) in [6.07, 6.45) is 7.63. The summed E-state index contributed by atoms with van der Waals surface area (Å²) in [5.74, 6) is 0. The molecule has 90 valence electrons. The molecule has 0 spiro atoms. The minimum atomic E-state index is 0.273. The number of hydrogen-bond donors (Lipinski definition) is 2. The van der Waals surface area contributed by atoms with Gasteiger partial charge in [-0.05, 0) is 47.6 Å². The van der Waals surface area contributed by atoms with Gasteiger partial charge in [0.25, 0.3) is 0 Å². The van der Waals surface area contributed by atoms with E-state index < -0.39 is 0 Å². The van der Waals surface area contributed by atoms with Gasteiger partial charge in [0.2, 0.25) is 0 Å². The Labute approximate surface area is 111 Å².